The molecule has 162 valence electrons. The van der Waals surface area contributed by atoms with Crippen molar-refractivity contribution in [3.05, 3.63) is 53.6 Å². The maximum absolute atomic E-state index is 13.6. The molecule has 0 heterocycles. The summed E-state index contributed by atoms with van der Waals surface area (Å²) in [6.07, 6.45) is 4.82. The van der Waals surface area contributed by atoms with E-state index in [2.05, 4.69) is 10.0 Å². The zero-order valence-electron chi connectivity index (χ0n) is 16.6. The Bertz CT molecular complexity index is 1020. The molecular weight excluding hydrogens is 414 g/mol. The topological polar surface area (TPSA) is 84.5 Å². The van der Waals surface area contributed by atoms with E-state index in [9.17, 15) is 22.0 Å². The minimum absolute atomic E-state index is 0.0492. The fourth-order valence-corrected chi connectivity index (χ4v) is 4.77. The number of ether oxygens (including phenoxy) is 1. The Kier molecular flexibility index (Phi) is 7.04. The molecule has 0 spiro atoms. The van der Waals surface area contributed by atoms with Crippen molar-refractivity contribution < 1.29 is 26.7 Å². The van der Waals surface area contributed by atoms with E-state index in [0.29, 0.717) is 11.3 Å². The van der Waals surface area contributed by atoms with Gasteiger partial charge in [-0.2, -0.15) is 0 Å². The van der Waals surface area contributed by atoms with Crippen LogP contribution < -0.4 is 14.8 Å². The second-order valence-electron chi connectivity index (χ2n) is 7.34. The average Bonchev–Trinajstić information content (AvgIpc) is 2.70. The predicted octanol–water partition coefficient (Wildman–Crippen LogP) is 3.90. The fraction of sp³-hybridized carbons (Fsp3) is 0.381. The molecular formula is C21H24F2N2O4S. The molecule has 1 aliphatic rings. The number of carbonyl (C=O) groups is 1. The highest BCUT2D eigenvalue weighted by Gasteiger charge is 2.22. The van der Waals surface area contributed by atoms with Crippen molar-refractivity contribution in [2.75, 3.05) is 11.9 Å². The first-order valence-electron chi connectivity index (χ1n) is 9.75. The second-order valence-corrected chi connectivity index (χ2v) is 9.06. The largest absolute Gasteiger partial charge is 0.483 e. The molecule has 1 fully saturated rings. The van der Waals surface area contributed by atoms with Crippen LogP contribution in [-0.2, 0) is 14.8 Å². The summed E-state index contributed by atoms with van der Waals surface area (Å²) in [5.41, 5.74) is 0.252. The van der Waals surface area contributed by atoms with E-state index in [4.69, 9.17) is 4.74 Å². The molecule has 0 atom stereocenters. The number of amides is 1. The Balaban J connectivity index is 1.61. The number of halogens is 2. The molecule has 2 N–H and O–H groups in total. The molecule has 0 unspecified atom stereocenters. The van der Waals surface area contributed by atoms with Crippen molar-refractivity contribution in [2.45, 2.75) is 50.0 Å². The van der Waals surface area contributed by atoms with E-state index in [1.165, 1.54) is 18.2 Å². The summed E-state index contributed by atoms with van der Waals surface area (Å²) in [7, 11) is -3.64. The van der Waals surface area contributed by atoms with Gasteiger partial charge in [-0.15, -0.1) is 0 Å². The average molecular weight is 438 g/mol. The number of rotatable bonds is 7. The Labute approximate surface area is 174 Å². The van der Waals surface area contributed by atoms with Crippen LogP contribution >= 0.6 is 0 Å². The molecule has 0 aliphatic heterocycles. The van der Waals surface area contributed by atoms with Crippen molar-refractivity contribution >= 4 is 21.6 Å². The summed E-state index contributed by atoms with van der Waals surface area (Å²) in [6.45, 7) is 1.22. The molecule has 0 aromatic heterocycles. The Morgan fingerprint density at radius 1 is 1.10 bits per heavy atom. The summed E-state index contributed by atoms with van der Waals surface area (Å²) in [5.74, 6) is -1.79. The first-order valence-corrected chi connectivity index (χ1v) is 11.2. The van der Waals surface area contributed by atoms with Crippen LogP contribution in [0.25, 0.3) is 0 Å². The van der Waals surface area contributed by atoms with E-state index < -0.39 is 34.2 Å². The molecule has 2 aromatic carbocycles. The third-order valence-corrected chi connectivity index (χ3v) is 6.46. The highest BCUT2D eigenvalue weighted by atomic mass is 32.2. The van der Waals surface area contributed by atoms with Crippen LogP contribution in [0.4, 0.5) is 14.5 Å². The third-order valence-electron chi connectivity index (χ3n) is 4.94. The van der Waals surface area contributed by atoms with Crippen molar-refractivity contribution in [2.24, 2.45) is 0 Å². The van der Waals surface area contributed by atoms with Gasteiger partial charge >= 0.3 is 0 Å². The van der Waals surface area contributed by atoms with E-state index in [1.807, 2.05) is 0 Å². The molecule has 0 bridgehead atoms. The minimum atomic E-state index is -3.64. The lowest BCUT2D eigenvalue weighted by atomic mass is 9.96. The van der Waals surface area contributed by atoms with Gasteiger partial charge in [-0.05, 0) is 55.7 Å². The minimum Gasteiger partial charge on any atom is -0.483 e. The summed E-state index contributed by atoms with van der Waals surface area (Å²) in [6, 6.07) is 7.05. The lowest BCUT2D eigenvalue weighted by Crippen LogP contribution is -2.36. The van der Waals surface area contributed by atoms with E-state index in [0.717, 1.165) is 50.3 Å². The fourth-order valence-electron chi connectivity index (χ4n) is 3.38. The van der Waals surface area contributed by atoms with Gasteiger partial charge in [0.25, 0.3) is 5.91 Å². The molecule has 6 nitrogen and oxygen atoms in total. The number of hydrogen-bond acceptors (Lipinski definition) is 4. The lowest BCUT2D eigenvalue weighted by molar-refractivity contribution is -0.118. The smallest absolute Gasteiger partial charge is 0.262 e. The SMILES string of the molecule is Cc1cc(S(=O)(=O)NC2CCCCC2)ccc1OCC(=O)Nc1cc(F)ccc1F. The van der Waals surface area contributed by atoms with Gasteiger partial charge in [0.05, 0.1) is 10.6 Å². The van der Waals surface area contributed by atoms with Crippen LogP contribution in [0, 0.1) is 18.6 Å². The highest BCUT2D eigenvalue weighted by molar-refractivity contribution is 7.89. The zero-order chi connectivity index (χ0) is 21.7. The maximum Gasteiger partial charge on any atom is 0.262 e. The van der Waals surface area contributed by atoms with Gasteiger partial charge in [-0.25, -0.2) is 21.9 Å². The van der Waals surface area contributed by atoms with Crippen LogP contribution in [-0.4, -0.2) is 27.0 Å². The first-order chi connectivity index (χ1) is 14.2. The van der Waals surface area contributed by atoms with Gasteiger partial charge in [0, 0.05) is 12.1 Å². The van der Waals surface area contributed by atoms with Crippen molar-refractivity contribution in [3.8, 4) is 5.75 Å². The highest BCUT2D eigenvalue weighted by Crippen LogP contribution is 2.24. The number of aryl methyl sites for hydroxylation is 1. The lowest BCUT2D eigenvalue weighted by Gasteiger charge is -2.22. The summed E-state index contributed by atoms with van der Waals surface area (Å²) < 4.78 is 60.2. The van der Waals surface area contributed by atoms with Crippen LogP contribution in [0.5, 0.6) is 5.75 Å². The maximum atomic E-state index is 13.6. The molecule has 2 aromatic rings. The van der Waals surface area contributed by atoms with Crippen LogP contribution in [0.1, 0.15) is 37.7 Å². The normalized spacial score (nSPS) is 15.0. The molecule has 9 heteroatoms. The van der Waals surface area contributed by atoms with Crippen molar-refractivity contribution in [1.29, 1.82) is 0 Å². The van der Waals surface area contributed by atoms with Gasteiger partial charge in [-0.3, -0.25) is 4.79 Å². The Morgan fingerprint density at radius 3 is 2.53 bits per heavy atom. The van der Waals surface area contributed by atoms with E-state index >= 15 is 0 Å². The summed E-state index contributed by atoms with van der Waals surface area (Å²) in [4.78, 5) is 12.1. The standard InChI is InChI=1S/C21H24F2N2O4S/c1-14-11-17(30(27,28)25-16-5-3-2-4-6-16)8-10-20(14)29-13-21(26)24-19-12-15(22)7-9-18(19)23/h7-12,16,25H,2-6,13H2,1H3,(H,24,26). The monoisotopic (exact) mass is 438 g/mol. The molecule has 1 aliphatic carbocycles. The molecule has 0 radical (unpaired) electrons. The van der Waals surface area contributed by atoms with Gasteiger partial charge in [0.15, 0.2) is 6.61 Å². The first kappa shape index (κ1) is 22.2. The molecule has 1 saturated carbocycles. The number of sulfonamides is 1. The molecule has 30 heavy (non-hydrogen) atoms. The number of anilines is 1. The third kappa shape index (κ3) is 5.76. The van der Waals surface area contributed by atoms with Crippen LogP contribution in [0.3, 0.4) is 0 Å². The van der Waals surface area contributed by atoms with Crippen LogP contribution in [0.15, 0.2) is 41.3 Å². The summed E-state index contributed by atoms with van der Waals surface area (Å²) in [5, 5.41) is 2.24. The van der Waals surface area contributed by atoms with Gasteiger partial charge in [0.2, 0.25) is 10.0 Å². The van der Waals surface area contributed by atoms with Crippen LogP contribution in [0.2, 0.25) is 0 Å². The number of carbonyl (C=O) groups excluding carboxylic acids is 1. The quantitative estimate of drug-likeness (QED) is 0.687. The molecule has 1 amide bonds. The van der Waals surface area contributed by atoms with Gasteiger partial charge in [0.1, 0.15) is 17.4 Å². The van der Waals surface area contributed by atoms with Crippen molar-refractivity contribution in [1.82, 2.24) is 4.72 Å². The number of hydrogen-bond donors (Lipinski definition) is 2. The predicted molar refractivity (Wildman–Crippen MR) is 109 cm³/mol. The van der Waals surface area contributed by atoms with E-state index in [1.54, 1.807) is 6.92 Å². The Hall–Kier alpha value is -2.52. The summed E-state index contributed by atoms with van der Waals surface area (Å²) >= 11 is 0. The number of benzene rings is 2. The van der Waals surface area contributed by atoms with E-state index in [-0.39, 0.29) is 16.6 Å². The molecule has 3 rings (SSSR count). The van der Waals surface area contributed by atoms with Crippen molar-refractivity contribution in [3.63, 3.8) is 0 Å². The molecule has 0 saturated heterocycles. The Morgan fingerprint density at radius 2 is 1.83 bits per heavy atom. The second kappa shape index (κ2) is 9.53. The number of nitrogens with one attached hydrogen (secondary N) is 2. The zero-order valence-corrected chi connectivity index (χ0v) is 17.4. The van der Waals surface area contributed by atoms with Gasteiger partial charge in [-0.1, -0.05) is 19.3 Å². The van der Waals surface area contributed by atoms with Gasteiger partial charge < -0.3 is 10.1 Å².